The van der Waals surface area contributed by atoms with E-state index in [9.17, 15) is 19.7 Å². The van der Waals surface area contributed by atoms with E-state index in [-0.39, 0.29) is 5.82 Å². The summed E-state index contributed by atoms with van der Waals surface area (Å²) in [7, 11) is 0. The number of aryl methyl sites for hydroxylation is 1. The third-order valence-corrected chi connectivity index (χ3v) is 3.37. The van der Waals surface area contributed by atoms with E-state index < -0.39 is 30.5 Å². The maximum Gasteiger partial charge on any atom is 0.126 e. The van der Waals surface area contributed by atoms with Crippen LogP contribution in [-0.2, 0) is 4.74 Å². The van der Waals surface area contributed by atoms with Gasteiger partial charge in [-0.1, -0.05) is 12.1 Å². The maximum atomic E-state index is 13.1. The van der Waals surface area contributed by atoms with E-state index >= 15 is 0 Å². The predicted molar refractivity (Wildman–Crippen MR) is 62.4 cm³/mol. The van der Waals surface area contributed by atoms with Crippen molar-refractivity contribution in [3.8, 4) is 0 Å². The Labute approximate surface area is 105 Å². The van der Waals surface area contributed by atoms with Crippen molar-refractivity contribution in [1.29, 1.82) is 0 Å². The lowest BCUT2D eigenvalue weighted by atomic mass is 9.97. The molecule has 4 nitrogen and oxygen atoms in total. The summed E-state index contributed by atoms with van der Waals surface area (Å²) in [5.41, 5.74) is 0.867. The van der Waals surface area contributed by atoms with Gasteiger partial charge in [-0.15, -0.1) is 0 Å². The number of rotatable bonds is 2. The SMILES string of the molecule is Cc1cc(C(O)C2OC(C)C(O)C2O)ccc1F. The molecule has 0 saturated carbocycles. The van der Waals surface area contributed by atoms with Gasteiger partial charge in [-0.2, -0.15) is 0 Å². The quantitative estimate of drug-likeness (QED) is 0.727. The molecule has 1 saturated heterocycles. The molecule has 5 heteroatoms. The third-order valence-electron chi connectivity index (χ3n) is 3.37. The van der Waals surface area contributed by atoms with Crippen LogP contribution in [0.4, 0.5) is 4.39 Å². The number of aliphatic hydroxyl groups excluding tert-OH is 3. The smallest absolute Gasteiger partial charge is 0.126 e. The monoisotopic (exact) mass is 256 g/mol. The number of benzene rings is 1. The molecule has 1 fully saturated rings. The molecule has 3 N–H and O–H groups in total. The van der Waals surface area contributed by atoms with Crippen LogP contribution in [0.2, 0.25) is 0 Å². The molecule has 1 aromatic rings. The van der Waals surface area contributed by atoms with Crippen LogP contribution in [0.5, 0.6) is 0 Å². The second-order valence-electron chi connectivity index (χ2n) is 4.74. The first-order valence-electron chi connectivity index (χ1n) is 5.87. The van der Waals surface area contributed by atoms with Crippen molar-refractivity contribution < 1.29 is 24.4 Å². The highest BCUT2D eigenvalue weighted by atomic mass is 19.1. The highest BCUT2D eigenvalue weighted by molar-refractivity contribution is 5.26. The molecule has 0 bridgehead atoms. The highest BCUT2D eigenvalue weighted by Gasteiger charge is 2.44. The molecule has 1 aliphatic rings. The molecular formula is C13H17FO4. The third kappa shape index (κ3) is 2.27. The molecule has 0 radical (unpaired) electrons. The Kier molecular flexibility index (Phi) is 3.68. The van der Waals surface area contributed by atoms with Gasteiger partial charge in [0.15, 0.2) is 0 Å². The number of hydrogen-bond acceptors (Lipinski definition) is 4. The normalized spacial score (nSPS) is 33.7. The van der Waals surface area contributed by atoms with E-state index in [0.717, 1.165) is 0 Å². The van der Waals surface area contributed by atoms with Gasteiger partial charge in [0, 0.05) is 0 Å². The molecule has 1 aliphatic heterocycles. The largest absolute Gasteiger partial charge is 0.388 e. The fraction of sp³-hybridized carbons (Fsp3) is 0.538. The minimum Gasteiger partial charge on any atom is -0.388 e. The van der Waals surface area contributed by atoms with Crippen LogP contribution in [-0.4, -0.2) is 39.7 Å². The number of ether oxygens (including phenoxy) is 1. The fourth-order valence-corrected chi connectivity index (χ4v) is 2.18. The van der Waals surface area contributed by atoms with E-state index in [1.807, 2.05) is 0 Å². The van der Waals surface area contributed by atoms with Gasteiger partial charge in [-0.05, 0) is 31.0 Å². The Morgan fingerprint density at radius 2 is 1.94 bits per heavy atom. The average molecular weight is 256 g/mol. The Balaban J connectivity index is 2.21. The van der Waals surface area contributed by atoms with Gasteiger partial charge in [0.25, 0.3) is 0 Å². The lowest BCUT2D eigenvalue weighted by Crippen LogP contribution is -2.34. The molecule has 1 aromatic carbocycles. The van der Waals surface area contributed by atoms with Crippen molar-refractivity contribution in [2.75, 3.05) is 0 Å². The van der Waals surface area contributed by atoms with Crippen molar-refractivity contribution in [1.82, 2.24) is 0 Å². The summed E-state index contributed by atoms with van der Waals surface area (Å²) in [6.07, 6.45) is -4.72. The van der Waals surface area contributed by atoms with E-state index in [1.165, 1.54) is 18.2 Å². The second-order valence-corrected chi connectivity index (χ2v) is 4.74. The zero-order chi connectivity index (χ0) is 13.4. The van der Waals surface area contributed by atoms with E-state index in [1.54, 1.807) is 13.8 Å². The summed E-state index contributed by atoms with van der Waals surface area (Å²) in [6, 6.07) is 4.21. The van der Waals surface area contributed by atoms with Gasteiger partial charge < -0.3 is 20.1 Å². The number of halogens is 1. The molecule has 0 amide bonds. The van der Waals surface area contributed by atoms with Crippen molar-refractivity contribution in [3.05, 3.63) is 35.1 Å². The summed E-state index contributed by atoms with van der Waals surface area (Å²) in [4.78, 5) is 0. The van der Waals surface area contributed by atoms with Crippen molar-refractivity contribution in [2.24, 2.45) is 0 Å². The van der Waals surface area contributed by atoms with Crippen LogP contribution in [0.3, 0.4) is 0 Å². The van der Waals surface area contributed by atoms with Crippen LogP contribution in [0.1, 0.15) is 24.2 Å². The van der Waals surface area contributed by atoms with Crippen molar-refractivity contribution >= 4 is 0 Å². The minimum absolute atomic E-state index is 0.354. The van der Waals surface area contributed by atoms with E-state index in [4.69, 9.17) is 4.74 Å². The average Bonchev–Trinajstić information content (AvgIpc) is 2.60. The molecule has 18 heavy (non-hydrogen) atoms. The first-order valence-corrected chi connectivity index (χ1v) is 5.87. The molecule has 2 rings (SSSR count). The number of hydrogen-bond donors (Lipinski definition) is 3. The van der Waals surface area contributed by atoms with Crippen molar-refractivity contribution in [3.63, 3.8) is 0 Å². The van der Waals surface area contributed by atoms with Gasteiger partial charge in [-0.3, -0.25) is 0 Å². The maximum absolute atomic E-state index is 13.1. The standard InChI is InChI=1S/C13H17FO4/c1-6-5-8(3-4-9(6)14)11(16)13-12(17)10(15)7(2)18-13/h3-5,7,10-13,15-17H,1-2H3. The van der Waals surface area contributed by atoms with Gasteiger partial charge in [-0.25, -0.2) is 4.39 Å². The van der Waals surface area contributed by atoms with Gasteiger partial charge in [0.05, 0.1) is 6.10 Å². The van der Waals surface area contributed by atoms with Crippen LogP contribution < -0.4 is 0 Å². The molecule has 0 aliphatic carbocycles. The van der Waals surface area contributed by atoms with Gasteiger partial charge in [0.1, 0.15) is 30.2 Å². The van der Waals surface area contributed by atoms with Crippen LogP contribution in [0.15, 0.2) is 18.2 Å². The fourth-order valence-electron chi connectivity index (χ4n) is 2.18. The van der Waals surface area contributed by atoms with Gasteiger partial charge in [0.2, 0.25) is 0 Å². The van der Waals surface area contributed by atoms with E-state index in [0.29, 0.717) is 11.1 Å². The van der Waals surface area contributed by atoms with Gasteiger partial charge >= 0.3 is 0 Å². The zero-order valence-electron chi connectivity index (χ0n) is 10.2. The molecular weight excluding hydrogens is 239 g/mol. The van der Waals surface area contributed by atoms with Crippen LogP contribution in [0, 0.1) is 12.7 Å². The zero-order valence-corrected chi connectivity index (χ0v) is 10.2. The Bertz CT molecular complexity index is 437. The molecule has 100 valence electrons. The molecule has 5 atom stereocenters. The van der Waals surface area contributed by atoms with Crippen molar-refractivity contribution in [2.45, 2.75) is 44.4 Å². The number of aliphatic hydroxyl groups is 3. The molecule has 0 aromatic heterocycles. The lowest BCUT2D eigenvalue weighted by molar-refractivity contribution is -0.0636. The second kappa shape index (κ2) is 4.93. The summed E-state index contributed by atoms with van der Waals surface area (Å²) in [6.45, 7) is 3.21. The summed E-state index contributed by atoms with van der Waals surface area (Å²) in [5.74, 6) is -0.354. The summed E-state index contributed by atoms with van der Waals surface area (Å²) < 4.78 is 18.5. The van der Waals surface area contributed by atoms with Crippen LogP contribution >= 0.6 is 0 Å². The van der Waals surface area contributed by atoms with E-state index in [2.05, 4.69) is 0 Å². The molecule has 1 heterocycles. The summed E-state index contributed by atoms with van der Waals surface area (Å²) in [5, 5.41) is 29.5. The Morgan fingerprint density at radius 1 is 1.28 bits per heavy atom. The topological polar surface area (TPSA) is 69.9 Å². The predicted octanol–water partition coefficient (Wildman–Crippen LogP) is 0.677. The minimum atomic E-state index is -1.15. The first-order chi connectivity index (χ1) is 8.41. The molecule has 0 spiro atoms. The lowest BCUT2D eigenvalue weighted by Gasteiger charge is -2.21. The highest BCUT2D eigenvalue weighted by Crippen LogP contribution is 2.31. The molecule has 5 unspecified atom stereocenters. The Morgan fingerprint density at radius 3 is 2.44 bits per heavy atom. The van der Waals surface area contributed by atoms with Crippen LogP contribution in [0.25, 0.3) is 0 Å². The summed E-state index contributed by atoms with van der Waals surface area (Å²) >= 11 is 0. The Hall–Kier alpha value is -1.01. The first kappa shape index (κ1) is 13.4.